The lowest BCUT2D eigenvalue weighted by molar-refractivity contribution is -0.120. The Hall–Kier alpha value is -3.54. The van der Waals surface area contributed by atoms with E-state index in [-0.39, 0.29) is 34.9 Å². The van der Waals surface area contributed by atoms with Gasteiger partial charge in [-0.3, -0.25) is 14.4 Å². The Morgan fingerprint density at radius 2 is 1.79 bits per heavy atom. The topological polar surface area (TPSA) is 180 Å². The monoisotopic (exact) mass is 545 g/mol. The highest BCUT2D eigenvalue weighted by atomic mass is 16.6. The van der Waals surface area contributed by atoms with Crippen molar-refractivity contribution in [1.29, 1.82) is 0 Å². The summed E-state index contributed by atoms with van der Waals surface area (Å²) in [5.41, 5.74) is 11.9. The first kappa shape index (κ1) is 31.7. The third kappa shape index (κ3) is 8.22. The maximum atomic E-state index is 13.2. The van der Waals surface area contributed by atoms with Crippen molar-refractivity contribution in [1.82, 2.24) is 5.32 Å². The van der Waals surface area contributed by atoms with Gasteiger partial charge in [-0.05, 0) is 38.2 Å². The van der Waals surface area contributed by atoms with Crippen LogP contribution in [0.4, 0.5) is 4.79 Å². The van der Waals surface area contributed by atoms with Gasteiger partial charge in [0.2, 0.25) is 11.6 Å². The van der Waals surface area contributed by atoms with Crippen LogP contribution < -0.4 is 16.8 Å². The molecule has 0 aromatic rings. The summed E-state index contributed by atoms with van der Waals surface area (Å²) in [5.74, 6) is -2.37. The lowest BCUT2D eigenvalue weighted by Gasteiger charge is -2.29. The fourth-order valence-corrected chi connectivity index (χ4v) is 4.61. The van der Waals surface area contributed by atoms with Crippen LogP contribution in [0.15, 0.2) is 58.5 Å². The number of allylic oxidation sites excluding steroid dienone is 4. The van der Waals surface area contributed by atoms with Gasteiger partial charge in [-0.2, -0.15) is 0 Å². The average molecular weight is 546 g/mol. The summed E-state index contributed by atoms with van der Waals surface area (Å²) >= 11 is 0. The lowest BCUT2D eigenvalue weighted by Crippen LogP contribution is -2.37. The Morgan fingerprint density at radius 1 is 1.13 bits per heavy atom. The number of primary amides is 1. The molecule has 2 rings (SSSR count). The molecular weight excluding hydrogens is 506 g/mol. The summed E-state index contributed by atoms with van der Waals surface area (Å²) in [4.78, 5) is 50.1. The van der Waals surface area contributed by atoms with Crippen LogP contribution in [0.3, 0.4) is 0 Å². The molecule has 1 unspecified atom stereocenters. The minimum atomic E-state index is -1.00. The zero-order valence-corrected chi connectivity index (χ0v) is 23.2. The summed E-state index contributed by atoms with van der Waals surface area (Å²) in [6, 6.07) is 0. The van der Waals surface area contributed by atoms with Gasteiger partial charge in [-0.1, -0.05) is 38.2 Å². The zero-order chi connectivity index (χ0) is 29.4. The number of amides is 2. The molecule has 1 aliphatic carbocycles. The van der Waals surface area contributed by atoms with Gasteiger partial charge >= 0.3 is 6.09 Å². The van der Waals surface area contributed by atoms with E-state index in [2.05, 4.69) is 5.32 Å². The highest BCUT2D eigenvalue weighted by Crippen LogP contribution is 2.28. The van der Waals surface area contributed by atoms with E-state index in [1.54, 1.807) is 26.0 Å². The molecule has 2 aliphatic rings. The van der Waals surface area contributed by atoms with Gasteiger partial charge in [0.25, 0.3) is 5.91 Å². The van der Waals surface area contributed by atoms with E-state index in [0.717, 1.165) is 6.08 Å². The normalized spacial score (nSPS) is 29.8. The fourth-order valence-electron chi connectivity index (χ4n) is 4.61. The molecule has 0 saturated heterocycles. The highest BCUT2D eigenvalue weighted by molar-refractivity contribution is 6.23. The van der Waals surface area contributed by atoms with Gasteiger partial charge < -0.3 is 36.1 Å². The van der Waals surface area contributed by atoms with Crippen molar-refractivity contribution in [3.8, 4) is 0 Å². The molecule has 0 aromatic heterocycles. The van der Waals surface area contributed by atoms with Crippen LogP contribution in [0.5, 0.6) is 0 Å². The van der Waals surface area contributed by atoms with E-state index < -0.39 is 53.9 Å². The van der Waals surface area contributed by atoms with Crippen molar-refractivity contribution in [2.75, 3.05) is 14.2 Å². The van der Waals surface area contributed by atoms with E-state index in [4.69, 9.17) is 25.7 Å². The van der Waals surface area contributed by atoms with Crippen LogP contribution in [0.2, 0.25) is 0 Å². The summed E-state index contributed by atoms with van der Waals surface area (Å²) in [6.45, 7) is 6.89. The van der Waals surface area contributed by atoms with Crippen LogP contribution in [-0.2, 0) is 28.6 Å². The van der Waals surface area contributed by atoms with Gasteiger partial charge in [0.15, 0.2) is 6.10 Å². The van der Waals surface area contributed by atoms with E-state index in [0.29, 0.717) is 12.0 Å². The van der Waals surface area contributed by atoms with Crippen LogP contribution >= 0.6 is 0 Å². The number of hydrogen-bond donors (Lipinski definition) is 4. The number of methoxy groups -OCH3 is 2. The number of carbonyl (C=O) groups is 4. The third-order valence-electron chi connectivity index (χ3n) is 6.84. The fraction of sp³-hybridized carbons (Fsp3) is 0.500. The number of aliphatic hydroxyl groups excluding tert-OH is 1. The van der Waals surface area contributed by atoms with E-state index in [1.807, 2.05) is 6.92 Å². The molecule has 2 bridgehead atoms. The number of hydrogen-bond acceptors (Lipinski definition) is 9. The first-order chi connectivity index (χ1) is 18.3. The van der Waals surface area contributed by atoms with Crippen LogP contribution in [0.1, 0.15) is 40.5 Å². The summed E-state index contributed by atoms with van der Waals surface area (Å²) in [5, 5.41) is 13.6. The number of carbonyl (C=O) groups excluding carboxylic acids is 4. The van der Waals surface area contributed by atoms with E-state index >= 15 is 0 Å². The number of nitrogens with one attached hydrogen (secondary N) is 1. The molecule has 0 radical (unpaired) electrons. The molecule has 11 nitrogen and oxygen atoms in total. The van der Waals surface area contributed by atoms with Crippen LogP contribution in [0.25, 0.3) is 0 Å². The maximum Gasteiger partial charge on any atom is 0.405 e. The van der Waals surface area contributed by atoms with Crippen molar-refractivity contribution in [3.05, 3.63) is 58.5 Å². The number of aliphatic hydroxyl groups is 1. The Labute approximate surface area is 228 Å². The Balaban J connectivity index is 2.58. The Kier molecular flexibility index (Phi) is 11.4. The van der Waals surface area contributed by atoms with Crippen LogP contribution in [0, 0.1) is 11.8 Å². The molecule has 11 heteroatoms. The largest absolute Gasteiger partial charge is 0.439 e. The van der Waals surface area contributed by atoms with Crippen molar-refractivity contribution < 1.29 is 38.5 Å². The number of nitrogens with two attached hydrogens (primary N) is 2. The van der Waals surface area contributed by atoms with Crippen molar-refractivity contribution >= 4 is 23.6 Å². The minimum absolute atomic E-state index is 0.104. The van der Waals surface area contributed by atoms with Gasteiger partial charge in [0.1, 0.15) is 6.10 Å². The molecule has 6 N–H and O–H groups in total. The number of rotatable bonds is 3. The van der Waals surface area contributed by atoms with E-state index in [9.17, 15) is 24.3 Å². The smallest absolute Gasteiger partial charge is 0.405 e. The van der Waals surface area contributed by atoms with E-state index in [1.165, 1.54) is 33.3 Å². The highest BCUT2D eigenvalue weighted by Gasteiger charge is 2.32. The Bertz CT molecular complexity index is 1130. The molecule has 39 heavy (non-hydrogen) atoms. The molecule has 1 heterocycles. The van der Waals surface area contributed by atoms with Gasteiger partial charge in [0.05, 0.1) is 23.6 Å². The average Bonchev–Trinajstić information content (AvgIpc) is 2.88. The number of ether oxygens (including phenoxy) is 3. The predicted octanol–water partition coefficient (Wildman–Crippen LogP) is 1.72. The quantitative estimate of drug-likeness (QED) is 0.303. The Morgan fingerprint density at radius 3 is 2.38 bits per heavy atom. The molecule has 1 aliphatic heterocycles. The molecule has 2 amide bonds. The predicted molar refractivity (Wildman–Crippen MR) is 144 cm³/mol. The number of Topliss-reactive ketones (excluding diaryl/α,β-unsaturated/α-hetero) is 1. The summed E-state index contributed by atoms with van der Waals surface area (Å²) < 4.78 is 16.4. The standard InChI is InChI=1S/C28H39N3O8/c1-14-10-18-23(29)20(32)13-19(25(18)34)31-27(35)15(2)8-7-9-21(37-5)26(39-28(30)36)17(4)12-16(3)24(33)22(11-14)38-6/h7-9,12-14,16,21-22,24,26,33H,10-11,29H2,1-6H3,(H2,30,36)(H,31,35)/t14-,16+,21+,22?,24-,26+/m1/s1. The maximum absolute atomic E-state index is 13.2. The molecule has 214 valence electrons. The second-order valence-corrected chi connectivity index (χ2v) is 9.97. The SMILES string of the molecule is COC1C[C@H](C)CC2=C(N)C(=O)C=C(NC(=O)C(C)=CC=C[C@H](OC)[C@@H](OC(N)=O)C(C)=C[C@H](C)[C@H]1O)C2=O. The molecule has 6 atom stereocenters. The first-order valence-corrected chi connectivity index (χ1v) is 12.6. The van der Waals surface area contributed by atoms with Crippen molar-refractivity contribution in [3.63, 3.8) is 0 Å². The van der Waals surface area contributed by atoms with Gasteiger partial charge in [-0.15, -0.1) is 0 Å². The van der Waals surface area contributed by atoms with Crippen molar-refractivity contribution in [2.45, 2.75) is 65.0 Å². The van der Waals surface area contributed by atoms with Crippen molar-refractivity contribution in [2.24, 2.45) is 23.3 Å². The lowest BCUT2D eigenvalue weighted by atomic mass is 9.85. The summed E-state index contributed by atoms with van der Waals surface area (Å²) in [7, 11) is 2.90. The third-order valence-corrected chi connectivity index (χ3v) is 6.84. The minimum Gasteiger partial charge on any atom is -0.439 e. The number of fused-ring (bicyclic) bond motifs is 2. The second kappa shape index (κ2) is 14.0. The molecule has 0 saturated carbocycles. The molecular formula is C28H39N3O8. The number of ketones is 2. The van der Waals surface area contributed by atoms with Crippen LogP contribution in [-0.4, -0.2) is 67.3 Å². The molecule has 0 spiro atoms. The molecule has 0 aromatic carbocycles. The second-order valence-electron chi connectivity index (χ2n) is 9.97. The summed E-state index contributed by atoms with van der Waals surface area (Å²) in [6.07, 6.45) is 3.55. The first-order valence-electron chi connectivity index (χ1n) is 12.6. The zero-order valence-electron chi connectivity index (χ0n) is 23.2. The van der Waals surface area contributed by atoms with Gasteiger partial charge in [0, 0.05) is 37.4 Å². The molecule has 0 fully saturated rings. The van der Waals surface area contributed by atoms with Gasteiger partial charge in [-0.25, -0.2) is 4.79 Å².